The molecule has 1 saturated heterocycles. The normalized spacial score (nSPS) is 19.8. The summed E-state index contributed by atoms with van der Waals surface area (Å²) in [5.74, 6) is 0.874. The van der Waals surface area contributed by atoms with E-state index in [4.69, 9.17) is 14.6 Å². The number of methoxy groups -OCH3 is 1. The molecule has 29 heavy (non-hydrogen) atoms. The first-order chi connectivity index (χ1) is 14.2. The van der Waals surface area contributed by atoms with Gasteiger partial charge in [-0.1, -0.05) is 30.3 Å². The molecule has 2 heterocycles. The molecule has 1 unspecified atom stereocenters. The molecule has 2 aliphatic heterocycles. The molecule has 6 heteroatoms. The van der Waals surface area contributed by atoms with Gasteiger partial charge in [0.1, 0.15) is 5.75 Å². The molecular formula is C23H27N3O3. The quantitative estimate of drug-likeness (QED) is 0.757. The fourth-order valence-corrected chi connectivity index (χ4v) is 3.83. The lowest BCUT2D eigenvalue weighted by Gasteiger charge is -2.27. The van der Waals surface area contributed by atoms with E-state index in [2.05, 4.69) is 17.0 Å². The maximum Gasteiger partial charge on any atom is 0.244 e. The largest absolute Gasteiger partial charge is 0.497 e. The number of benzene rings is 2. The Balaban J connectivity index is 1.52. The molecule has 0 spiro atoms. The van der Waals surface area contributed by atoms with E-state index in [9.17, 15) is 4.79 Å². The Hall–Kier alpha value is -2.70. The Morgan fingerprint density at radius 1 is 1.10 bits per heavy atom. The number of hydrogen-bond acceptors (Lipinski definition) is 5. The molecule has 0 saturated carbocycles. The molecule has 0 radical (unpaired) electrons. The van der Waals surface area contributed by atoms with Crippen molar-refractivity contribution in [2.24, 2.45) is 5.10 Å². The maximum absolute atomic E-state index is 13.1. The van der Waals surface area contributed by atoms with Gasteiger partial charge in [0.05, 0.1) is 32.1 Å². The van der Waals surface area contributed by atoms with Crippen molar-refractivity contribution in [1.82, 2.24) is 9.91 Å². The first-order valence-electron chi connectivity index (χ1n) is 10.1. The molecular weight excluding hydrogens is 366 g/mol. The summed E-state index contributed by atoms with van der Waals surface area (Å²) in [5.41, 5.74) is 3.07. The van der Waals surface area contributed by atoms with Gasteiger partial charge in [0.15, 0.2) is 0 Å². The summed E-state index contributed by atoms with van der Waals surface area (Å²) in [7, 11) is 1.66. The predicted octanol–water partition coefficient (Wildman–Crippen LogP) is 3.10. The molecule has 4 rings (SSSR count). The van der Waals surface area contributed by atoms with Gasteiger partial charge in [-0.15, -0.1) is 0 Å². The molecule has 0 aromatic heterocycles. The van der Waals surface area contributed by atoms with Crippen LogP contribution in [0.15, 0.2) is 59.7 Å². The first kappa shape index (κ1) is 19.6. The topological polar surface area (TPSA) is 54.4 Å². The standard InChI is InChI=1S/C23H27N3O3/c1-28-20-9-7-18(8-10-20)21-17-22(19-5-3-2-4-6-19)26(24-21)23(27)11-12-25-13-15-29-16-14-25/h2-10,22H,11-17H2,1H3. The highest BCUT2D eigenvalue weighted by molar-refractivity contribution is 6.03. The van der Waals surface area contributed by atoms with Crippen LogP contribution < -0.4 is 4.74 Å². The van der Waals surface area contributed by atoms with E-state index >= 15 is 0 Å². The van der Waals surface area contributed by atoms with Crippen LogP contribution in [0.1, 0.15) is 30.0 Å². The van der Waals surface area contributed by atoms with Gasteiger partial charge in [-0.3, -0.25) is 9.69 Å². The lowest BCUT2D eigenvalue weighted by atomic mass is 9.98. The predicted molar refractivity (Wildman–Crippen MR) is 112 cm³/mol. The minimum absolute atomic E-state index is 0.0638. The van der Waals surface area contributed by atoms with Crippen LogP contribution in [-0.2, 0) is 9.53 Å². The number of carbonyl (C=O) groups excluding carboxylic acids is 1. The summed E-state index contributed by atoms with van der Waals surface area (Å²) < 4.78 is 10.6. The number of rotatable bonds is 6. The van der Waals surface area contributed by atoms with Gasteiger partial charge in [0.25, 0.3) is 0 Å². The molecule has 0 bridgehead atoms. The highest BCUT2D eigenvalue weighted by Crippen LogP contribution is 2.33. The summed E-state index contributed by atoms with van der Waals surface area (Å²) in [4.78, 5) is 15.4. The molecule has 0 aliphatic carbocycles. The molecule has 0 N–H and O–H groups in total. The summed E-state index contributed by atoms with van der Waals surface area (Å²) in [5, 5.41) is 6.44. The van der Waals surface area contributed by atoms with Crippen LogP contribution in [0.25, 0.3) is 0 Å². The first-order valence-corrected chi connectivity index (χ1v) is 10.1. The second kappa shape index (κ2) is 9.20. The minimum atomic E-state index is -0.0644. The van der Waals surface area contributed by atoms with Gasteiger partial charge < -0.3 is 9.47 Å². The van der Waals surface area contributed by atoms with Crippen LogP contribution in [0.3, 0.4) is 0 Å². The zero-order chi connectivity index (χ0) is 20.1. The maximum atomic E-state index is 13.1. The Kier molecular flexibility index (Phi) is 6.22. The van der Waals surface area contributed by atoms with Gasteiger partial charge in [-0.05, 0) is 35.4 Å². The number of amides is 1. The third kappa shape index (κ3) is 4.66. The molecule has 2 aromatic rings. The molecule has 2 aromatic carbocycles. The van der Waals surface area contributed by atoms with E-state index in [1.165, 1.54) is 0 Å². The molecule has 152 valence electrons. The van der Waals surface area contributed by atoms with E-state index in [0.29, 0.717) is 12.8 Å². The second-order valence-electron chi connectivity index (χ2n) is 7.35. The SMILES string of the molecule is COc1ccc(C2=NN(C(=O)CCN3CCOCC3)C(c3ccccc3)C2)cc1. The van der Waals surface area contributed by atoms with Crippen molar-refractivity contribution in [2.75, 3.05) is 40.0 Å². The highest BCUT2D eigenvalue weighted by Gasteiger charge is 2.33. The van der Waals surface area contributed by atoms with Crippen LogP contribution in [0.5, 0.6) is 5.75 Å². The van der Waals surface area contributed by atoms with E-state index in [1.807, 2.05) is 42.5 Å². The molecule has 1 fully saturated rings. The number of nitrogens with zero attached hydrogens (tertiary/aromatic N) is 3. The monoisotopic (exact) mass is 393 g/mol. The minimum Gasteiger partial charge on any atom is -0.497 e. The van der Waals surface area contributed by atoms with Crippen LogP contribution in [0, 0.1) is 0 Å². The molecule has 1 atom stereocenters. The van der Waals surface area contributed by atoms with Crippen molar-refractivity contribution < 1.29 is 14.3 Å². The average molecular weight is 393 g/mol. The Bertz CT molecular complexity index is 845. The number of hydrazone groups is 1. The van der Waals surface area contributed by atoms with Gasteiger partial charge in [0, 0.05) is 32.5 Å². The van der Waals surface area contributed by atoms with Gasteiger partial charge in [-0.2, -0.15) is 5.10 Å². The van der Waals surface area contributed by atoms with Crippen molar-refractivity contribution in [2.45, 2.75) is 18.9 Å². The van der Waals surface area contributed by atoms with Crippen molar-refractivity contribution in [3.63, 3.8) is 0 Å². The third-order valence-corrected chi connectivity index (χ3v) is 5.52. The Labute approximate surface area is 171 Å². The highest BCUT2D eigenvalue weighted by atomic mass is 16.5. The molecule has 6 nitrogen and oxygen atoms in total. The Morgan fingerprint density at radius 2 is 1.83 bits per heavy atom. The smallest absolute Gasteiger partial charge is 0.244 e. The number of hydrogen-bond donors (Lipinski definition) is 0. The fourth-order valence-electron chi connectivity index (χ4n) is 3.83. The number of ether oxygens (including phenoxy) is 2. The van der Waals surface area contributed by atoms with Gasteiger partial charge in [-0.25, -0.2) is 5.01 Å². The van der Waals surface area contributed by atoms with E-state index in [1.54, 1.807) is 12.1 Å². The second-order valence-corrected chi connectivity index (χ2v) is 7.35. The van der Waals surface area contributed by atoms with Crippen molar-refractivity contribution >= 4 is 11.6 Å². The van der Waals surface area contributed by atoms with Crippen LogP contribution >= 0.6 is 0 Å². The zero-order valence-corrected chi connectivity index (χ0v) is 16.8. The summed E-state index contributed by atoms with van der Waals surface area (Å²) >= 11 is 0. The third-order valence-electron chi connectivity index (χ3n) is 5.52. The lowest BCUT2D eigenvalue weighted by molar-refractivity contribution is -0.133. The zero-order valence-electron chi connectivity index (χ0n) is 16.8. The van der Waals surface area contributed by atoms with Crippen molar-refractivity contribution in [1.29, 1.82) is 0 Å². The molecule has 1 amide bonds. The fraction of sp³-hybridized carbons (Fsp3) is 0.391. The van der Waals surface area contributed by atoms with Crippen molar-refractivity contribution in [3.8, 4) is 5.75 Å². The van der Waals surface area contributed by atoms with E-state index in [0.717, 1.165) is 55.4 Å². The van der Waals surface area contributed by atoms with Crippen LogP contribution in [0.4, 0.5) is 0 Å². The van der Waals surface area contributed by atoms with Crippen LogP contribution in [0.2, 0.25) is 0 Å². The summed E-state index contributed by atoms with van der Waals surface area (Å²) in [6.45, 7) is 3.99. The van der Waals surface area contributed by atoms with E-state index < -0.39 is 0 Å². The van der Waals surface area contributed by atoms with Crippen LogP contribution in [-0.4, -0.2) is 61.5 Å². The number of morpholine rings is 1. The molecule has 2 aliphatic rings. The van der Waals surface area contributed by atoms with Crippen molar-refractivity contribution in [3.05, 3.63) is 65.7 Å². The average Bonchev–Trinajstić information content (AvgIpc) is 3.24. The number of carbonyl (C=O) groups is 1. The van der Waals surface area contributed by atoms with Gasteiger partial charge >= 0.3 is 0 Å². The van der Waals surface area contributed by atoms with Gasteiger partial charge in [0.2, 0.25) is 5.91 Å². The van der Waals surface area contributed by atoms with E-state index in [-0.39, 0.29) is 11.9 Å². The summed E-state index contributed by atoms with van der Waals surface area (Å²) in [6.07, 6.45) is 1.17. The lowest BCUT2D eigenvalue weighted by Crippen LogP contribution is -2.39. The Morgan fingerprint density at radius 3 is 2.52 bits per heavy atom. The summed E-state index contributed by atoms with van der Waals surface area (Å²) in [6, 6.07) is 18.0.